The minimum absolute atomic E-state index is 0.247. The van der Waals surface area contributed by atoms with Gasteiger partial charge < -0.3 is 4.74 Å². The third-order valence-corrected chi connectivity index (χ3v) is 3.53. The van der Waals surface area contributed by atoms with E-state index < -0.39 is 0 Å². The lowest BCUT2D eigenvalue weighted by molar-refractivity contribution is 0.131. The summed E-state index contributed by atoms with van der Waals surface area (Å²) in [5.74, 6) is 0.820. The molecule has 0 atom stereocenters. The van der Waals surface area contributed by atoms with E-state index in [0.29, 0.717) is 5.65 Å². The van der Waals surface area contributed by atoms with Gasteiger partial charge in [0.1, 0.15) is 11.4 Å². The fraction of sp³-hybridized carbons (Fsp3) is 0.353. The van der Waals surface area contributed by atoms with E-state index in [4.69, 9.17) is 4.74 Å². The van der Waals surface area contributed by atoms with Gasteiger partial charge in [0, 0.05) is 5.56 Å². The van der Waals surface area contributed by atoms with E-state index in [2.05, 4.69) is 15.3 Å². The molecule has 0 fully saturated rings. The van der Waals surface area contributed by atoms with Crippen molar-refractivity contribution in [1.29, 1.82) is 0 Å². The van der Waals surface area contributed by atoms with E-state index in [-0.39, 0.29) is 11.3 Å². The molecule has 3 rings (SSSR count). The summed E-state index contributed by atoms with van der Waals surface area (Å²) < 4.78 is 7.18. The van der Waals surface area contributed by atoms with E-state index in [1.807, 2.05) is 52.8 Å². The Hall–Kier alpha value is -2.63. The van der Waals surface area contributed by atoms with Crippen molar-refractivity contribution in [1.82, 2.24) is 19.8 Å². The maximum atomic E-state index is 11.7. The Bertz CT molecular complexity index is 932. The van der Waals surface area contributed by atoms with Gasteiger partial charge in [-0.3, -0.25) is 0 Å². The largest absolute Gasteiger partial charge is 0.488 e. The van der Waals surface area contributed by atoms with E-state index in [1.54, 1.807) is 6.20 Å². The maximum Gasteiger partial charge on any atom is 0.364 e. The first-order valence-corrected chi connectivity index (χ1v) is 7.49. The predicted molar refractivity (Wildman–Crippen MR) is 88.9 cm³/mol. The van der Waals surface area contributed by atoms with Crippen LogP contribution in [0.2, 0.25) is 0 Å². The molecule has 0 unspecified atom stereocenters. The number of nitrogens with zero attached hydrogens (tertiary/aromatic N) is 3. The van der Waals surface area contributed by atoms with Crippen LogP contribution in [-0.4, -0.2) is 25.4 Å². The molecular weight excluding hydrogens is 292 g/mol. The monoisotopic (exact) mass is 312 g/mol. The SMILES string of the molecule is Cc1cc(OC(C)(C)C)ccc1-c1c(C)cnn2c(=O)[nH]nc12. The second kappa shape index (κ2) is 5.22. The highest BCUT2D eigenvalue weighted by Crippen LogP contribution is 2.32. The van der Waals surface area contributed by atoms with Gasteiger partial charge in [-0.15, -0.1) is 0 Å². The first-order chi connectivity index (χ1) is 10.8. The van der Waals surface area contributed by atoms with Crippen LogP contribution in [0.25, 0.3) is 16.8 Å². The van der Waals surface area contributed by atoms with Gasteiger partial charge >= 0.3 is 5.69 Å². The number of hydrogen-bond donors (Lipinski definition) is 1. The quantitative estimate of drug-likeness (QED) is 0.789. The number of nitrogens with one attached hydrogen (secondary N) is 1. The molecule has 3 aromatic rings. The zero-order valence-electron chi connectivity index (χ0n) is 14.0. The second-order valence-corrected chi connectivity index (χ2v) is 6.66. The molecule has 0 spiro atoms. The van der Waals surface area contributed by atoms with Crippen molar-refractivity contribution in [3.63, 3.8) is 0 Å². The third kappa shape index (κ3) is 2.84. The summed E-state index contributed by atoms with van der Waals surface area (Å²) in [5.41, 5.74) is 3.87. The van der Waals surface area contributed by atoms with Crippen LogP contribution < -0.4 is 10.4 Å². The first-order valence-electron chi connectivity index (χ1n) is 7.49. The molecule has 0 saturated heterocycles. The zero-order valence-corrected chi connectivity index (χ0v) is 14.0. The van der Waals surface area contributed by atoms with Gasteiger partial charge in [0.15, 0.2) is 5.65 Å². The van der Waals surface area contributed by atoms with Gasteiger partial charge in [-0.1, -0.05) is 6.07 Å². The molecule has 2 aromatic heterocycles. The highest BCUT2D eigenvalue weighted by molar-refractivity contribution is 5.81. The molecule has 0 amide bonds. The number of H-pyrrole nitrogens is 1. The minimum Gasteiger partial charge on any atom is -0.488 e. The number of rotatable bonds is 2. The average molecular weight is 312 g/mol. The molecule has 0 saturated carbocycles. The summed E-state index contributed by atoms with van der Waals surface area (Å²) in [7, 11) is 0. The number of hydrogen-bond acceptors (Lipinski definition) is 4. The molecule has 23 heavy (non-hydrogen) atoms. The Balaban J connectivity index is 2.16. The molecule has 1 N–H and O–H groups in total. The van der Waals surface area contributed by atoms with Crippen molar-refractivity contribution >= 4 is 5.65 Å². The molecule has 2 heterocycles. The fourth-order valence-corrected chi connectivity index (χ4v) is 2.61. The van der Waals surface area contributed by atoms with E-state index in [1.165, 1.54) is 4.52 Å². The number of aryl methyl sites for hydroxylation is 2. The summed E-state index contributed by atoms with van der Waals surface area (Å²) in [6, 6.07) is 5.94. The lowest BCUT2D eigenvalue weighted by Gasteiger charge is -2.22. The first kappa shape index (κ1) is 15.3. The predicted octanol–water partition coefficient (Wildman–Crippen LogP) is 2.88. The highest BCUT2D eigenvalue weighted by atomic mass is 16.5. The molecule has 0 bridgehead atoms. The van der Waals surface area contributed by atoms with Crippen LogP contribution in [0.1, 0.15) is 31.9 Å². The summed E-state index contributed by atoms with van der Waals surface area (Å²) in [6.45, 7) is 10.0. The third-order valence-electron chi connectivity index (χ3n) is 3.53. The lowest BCUT2D eigenvalue weighted by atomic mass is 9.98. The molecule has 0 radical (unpaired) electrons. The number of fused-ring (bicyclic) bond motifs is 1. The van der Waals surface area contributed by atoms with E-state index >= 15 is 0 Å². The van der Waals surface area contributed by atoms with Crippen molar-refractivity contribution in [2.45, 2.75) is 40.2 Å². The molecule has 0 aliphatic rings. The van der Waals surface area contributed by atoms with Gasteiger partial charge in [0.25, 0.3) is 0 Å². The van der Waals surface area contributed by atoms with Gasteiger partial charge in [-0.2, -0.15) is 14.7 Å². The van der Waals surface area contributed by atoms with Crippen LogP contribution in [0, 0.1) is 13.8 Å². The Morgan fingerprint density at radius 3 is 2.57 bits per heavy atom. The average Bonchev–Trinajstić information content (AvgIpc) is 2.80. The number of aromatic nitrogens is 4. The number of aromatic amines is 1. The molecule has 6 heteroatoms. The van der Waals surface area contributed by atoms with Crippen molar-refractivity contribution < 1.29 is 4.74 Å². The fourth-order valence-electron chi connectivity index (χ4n) is 2.61. The van der Waals surface area contributed by atoms with Crippen molar-refractivity contribution in [3.05, 3.63) is 46.0 Å². The molecule has 120 valence electrons. The van der Waals surface area contributed by atoms with Gasteiger partial charge in [0.05, 0.1) is 6.20 Å². The van der Waals surface area contributed by atoms with Crippen LogP contribution in [0.3, 0.4) is 0 Å². The van der Waals surface area contributed by atoms with Crippen LogP contribution in [-0.2, 0) is 0 Å². The van der Waals surface area contributed by atoms with Crippen molar-refractivity contribution in [3.8, 4) is 16.9 Å². The van der Waals surface area contributed by atoms with Crippen LogP contribution in [0.5, 0.6) is 5.75 Å². The molecule has 0 aliphatic carbocycles. The van der Waals surface area contributed by atoms with Crippen LogP contribution >= 0.6 is 0 Å². The Labute approximate surface area is 134 Å². The zero-order chi connectivity index (χ0) is 16.8. The summed E-state index contributed by atoms with van der Waals surface area (Å²) in [6.07, 6.45) is 1.68. The second-order valence-electron chi connectivity index (χ2n) is 6.66. The Morgan fingerprint density at radius 2 is 1.91 bits per heavy atom. The Morgan fingerprint density at radius 1 is 1.17 bits per heavy atom. The summed E-state index contributed by atoms with van der Waals surface area (Å²) >= 11 is 0. The molecule has 0 aliphatic heterocycles. The van der Waals surface area contributed by atoms with Crippen LogP contribution in [0.15, 0.2) is 29.2 Å². The van der Waals surface area contributed by atoms with Crippen molar-refractivity contribution in [2.24, 2.45) is 0 Å². The Kier molecular flexibility index (Phi) is 3.47. The standard InChI is InChI=1S/C17H20N4O2/c1-10-8-12(23-17(3,4)5)6-7-13(10)14-11(2)9-18-21-15(14)19-20-16(21)22/h6-9H,1-5H3,(H,20,22). The normalized spacial score (nSPS) is 11.9. The minimum atomic E-state index is -0.341. The summed E-state index contributed by atoms with van der Waals surface area (Å²) in [4.78, 5) is 11.7. The van der Waals surface area contributed by atoms with Gasteiger partial charge in [-0.05, 0) is 63.4 Å². The van der Waals surface area contributed by atoms with Gasteiger partial charge in [-0.25, -0.2) is 9.89 Å². The van der Waals surface area contributed by atoms with E-state index in [9.17, 15) is 4.79 Å². The topological polar surface area (TPSA) is 72.3 Å². The number of benzene rings is 1. The lowest BCUT2D eigenvalue weighted by Crippen LogP contribution is -2.22. The smallest absolute Gasteiger partial charge is 0.364 e. The molecular formula is C17H20N4O2. The molecule has 6 nitrogen and oxygen atoms in total. The van der Waals surface area contributed by atoms with E-state index in [0.717, 1.165) is 28.0 Å². The van der Waals surface area contributed by atoms with Gasteiger partial charge in [0.2, 0.25) is 0 Å². The van der Waals surface area contributed by atoms with Crippen molar-refractivity contribution in [2.75, 3.05) is 0 Å². The highest BCUT2D eigenvalue weighted by Gasteiger charge is 2.16. The number of ether oxygens (including phenoxy) is 1. The summed E-state index contributed by atoms with van der Waals surface area (Å²) in [5, 5.41) is 10.7. The maximum absolute atomic E-state index is 11.7. The van der Waals surface area contributed by atoms with Crippen LogP contribution in [0.4, 0.5) is 0 Å². The molecule has 1 aromatic carbocycles.